The Labute approximate surface area is 248 Å². The van der Waals surface area contributed by atoms with Gasteiger partial charge in [0.05, 0.1) is 34.7 Å². The van der Waals surface area contributed by atoms with Gasteiger partial charge in [0.1, 0.15) is 12.1 Å². The zero-order valence-electron chi connectivity index (χ0n) is 24.3. The fourth-order valence-electron chi connectivity index (χ4n) is 5.09. The average molecular weight is 599 g/mol. The van der Waals surface area contributed by atoms with Gasteiger partial charge in [-0.1, -0.05) is 38.1 Å². The van der Waals surface area contributed by atoms with E-state index in [2.05, 4.69) is 15.5 Å². The number of carbonyl (C=O) groups is 3. The van der Waals surface area contributed by atoms with Crippen LogP contribution >= 0.6 is 11.3 Å². The molecule has 4 atom stereocenters. The lowest BCUT2D eigenvalue weighted by molar-refractivity contribution is -0.138. The van der Waals surface area contributed by atoms with E-state index >= 15 is 0 Å². The Bertz CT molecular complexity index is 1370. The molecular formula is C30H38N4O7S. The standard InChI is InChI=1S/C30H38N4O7S/c1-17(2)27(23-14-25(33-41-23)40-12-6-5-7-26(36)37)30(39)34-15-22(35)13-24(34)32-29(38)18(3)20-8-10-21(11-9-20)28-19(4)31-16-42-28/h8-11,14,16-18,22,24,27,35H,5-7,12-13,15H2,1-4H3,(H,32,38)(H,36,37)/t18-,22+,24-,27?/m0/s1. The first kappa shape index (κ1) is 31.2. The Morgan fingerprint density at radius 3 is 2.57 bits per heavy atom. The number of ether oxygens (including phenoxy) is 1. The molecule has 12 heteroatoms. The van der Waals surface area contributed by atoms with Crippen molar-refractivity contribution in [3.8, 4) is 16.3 Å². The number of nitrogens with one attached hydrogen (secondary N) is 1. The van der Waals surface area contributed by atoms with Gasteiger partial charge in [-0.05, 0) is 48.9 Å². The van der Waals surface area contributed by atoms with Gasteiger partial charge < -0.3 is 29.7 Å². The second-order valence-corrected chi connectivity index (χ2v) is 11.9. The molecule has 0 saturated carbocycles. The quantitative estimate of drug-likeness (QED) is 0.244. The SMILES string of the molecule is Cc1ncsc1-c1ccc([C@H](C)C(=O)N[C@@H]2C[C@@H](O)CN2C(=O)C(c2cc(OCCCCC(=O)O)no2)C(C)C)cc1. The molecule has 1 saturated heterocycles. The van der Waals surface area contributed by atoms with Crippen LogP contribution in [-0.2, 0) is 14.4 Å². The summed E-state index contributed by atoms with van der Waals surface area (Å²) < 4.78 is 11.1. The number of benzene rings is 1. The number of nitrogens with zero attached hydrogens (tertiary/aromatic N) is 3. The lowest BCUT2D eigenvalue weighted by atomic mass is 9.91. The van der Waals surface area contributed by atoms with Crippen molar-refractivity contribution in [2.45, 2.75) is 77.5 Å². The van der Waals surface area contributed by atoms with Crippen molar-refractivity contribution < 1.29 is 33.9 Å². The van der Waals surface area contributed by atoms with Crippen LogP contribution < -0.4 is 10.1 Å². The molecule has 0 spiro atoms. The maximum Gasteiger partial charge on any atom is 0.303 e. The van der Waals surface area contributed by atoms with Crippen LogP contribution in [0.15, 0.2) is 40.4 Å². The summed E-state index contributed by atoms with van der Waals surface area (Å²) in [5.74, 6) is -2.18. The number of carbonyl (C=O) groups excluding carboxylic acids is 2. The zero-order valence-corrected chi connectivity index (χ0v) is 25.1. The lowest BCUT2D eigenvalue weighted by Crippen LogP contribution is -2.50. The molecule has 2 amide bonds. The van der Waals surface area contributed by atoms with Crippen molar-refractivity contribution in [3.63, 3.8) is 0 Å². The van der Waals surface area contributed by atoms with Gasteiger partial charge in [0, 0.05) is 25.5 Å². The predicted octanol–water partition coefficient (Wildman–Crippen LogP) is 4.32. The second kappa shape index (κ2) is 13.9. The number of aryl methyl sites for hydroxylation is 1. The molecular weight excluding hydrogens is 560 g/mol. The van der Waals surface area contributed by atoms with E-state index in [1.807, 2.05) is 57.5 Å². The summed E-state index contributed by atoms with van der Waals surface area (Å²) in [6.07, 6.45) is -0.134. The highest BCUT2D eigenvalue weighted by molar-refractivity contribution is 7.13. The van der Waals surface area contributed by atoms with Crippen LogP contribution in [0.2, 0.25) is 0 Å². The van der Waals surface area contributed by atoms with Gasteiger partial charge >= 0.3 is 5.97 Å². The lowest BCUT2D eigenvalue weighted by Gasteiger charge is -2.30. The number of hydrogen-bond acceptors (Lipinski definition) is 9. The number of likely N-dealkylation sites (tertiary alicyclic amines) is 1. The van der Waals surface area contributed by atoms with E-state index < -0.39 is 30.1 Å². The Balaban J connectivity index is 1.40. The van der Waals surface area contributed by atoms with Gasteiger partial charge in [-0.25, -0.2) is 4.98 Å². The van der Waals surface area contributed by atoms with Crippen molar-refractivity contribution in [2.24, 2.45) is 5.92 Å². The fraction of sp³-hybridized carbons (Fsp3) is 0.500. The molecule has 0 aliphatic carbocycles. The third kappa shape index (κ3) is 7.54. The molecule has 1 aromatic carbocycles. The number of aliphatic hydroxyl groups excluding tert-OH is 1. The number of amides is 2. The Kier molecular flexibility index (Phi) is 10.3. The number of rotatable bonds is 13. The Morgan fingerprint density at radius 1 is 1.19 bits per heavy atom. The van der Waals surface area contributed by atoms with Crippen LogP contribution in [0.25, 0.3) is 10.4 Å². The molecule has 2 aromatic heterocycles. The highest BCUT2D eigenvalue weighted by Gasteiger charge is 2.41. The van der Waals surface area contributed by atoms with Crippen LogP contribution in [0.4, 0.5) is 0 Å². The van der Waals surface area contributed by atoms with Crippen molar-refractivity contribution >= 4 is 29.1 Å². The summed E-state index contributed by atoms with van der Waals surface area (Å²) in [7, 11) is 0. The van der Waals surface area contributed by atoms with E-state index in [1.54, 1.807) is 17.4 Å². The minimum Gasteiger partial charge on any atom is -0.481 e. The summed E-state index contributed by atoms with van der Waals surface area (Å²) in [5, 5.41) is 26.1. The molecule has 42 heavy (non-hydrogen) atoms. The van der Waals surface area contributed by atoms with Crippen LogP contribution in [0.3, 0.4) is 0 Å². The minimum absolute atomic E-state index is 0.0645. The van der Waals surface area contributed by atoms with E-state index in [0.717, 1.165) is 21.7 Å². The number of aliphatic carboxylic acids is 1. The number of β-amino-alcohol motifs (C(OH)–C–C–N with tert-alkyl or cyclic N) is 1. The number of thiazole rings is 1. The minimum atomic E-state index is -0.857. The summed E-state index contributed by atoms with van der Waals surface area (Å²) in [5.41, 5.74) is 4.65. The molecule has 1 aliphatic heterocycles. The molecule has 3 heterocycles. The molecule has 4 rings (SSSR count). The highest BCUT2D eigenvalue weighted by Crippen LogP contribution is 2.33. The number of unbranched alkanes of at least 4 members (excludes halogenated alkanes) is 1. The average Bonchev–Trinajstić information content (AvgIpc) is 3.68. The summed E-state index contributed by atoms with van der Waals surface area (Å²) >= 11 is 1.57. The monoisotopic (exact) mass is 598 g/mol. The Hall–Kier alpha value is -3.77. The number of hydrogen-bond donors (Lipinski definition) is 3. The number of carboxylic acids is 1. The van der Waals surface area contributed by atoms with Gasteiger partial charge in [-0.2, -0.15) is 0 Å². The fourth-order valence-corrected chi connectivity index (χ4v) is 5.90. The molecule has 1 unspecified atom stereocenters. The normalized spacial score (nSPS) is 18.2. The molecule has 226 valence electrons. The maximum absolute atomic E-state index is 13.8. The smallest absolute Gasteiger partial charge is 0.303 e. The van der Waals surface area contributed by atoms with Gasteiger partial charge in [-0.15, -0.1) is 11.3 Å². The molecule has 0 bridgehead atoms. The third-order valence-corrected chi connectivity index (χ3v) is 8.44. The number of aliphatic hydroxyl groups is 1. The van der Waals surface area contributed by atoms with Gasteiger partial charge in [-0.3, -0.25) is 14.4 Å². The Morgan fingerprint density at radius 2 is 1.93 bits per heavy atom. The first-order valence-electron chi connectivity index (χ1n) is 14.2. The van der Waals surface area contributed by atoms with Crippen LogP contribution in [0.1, 0.15) is 75.3 Å². The molecule has 3 aromatic rings. The summed E-state index contributed by atoms with van der Waals surface area (Å²) in [6, 6.07) is 9.38. The molecule has 1 fully saturated rings. The molecule has 1 aliphatic rings. The first-order valence-corrected chi connectivity index (χ1v) is 15.0. The summed E-state index contributed by atoms with van der Waals surface area (Å²) in [6.45, 7) is 7.91. The maximum atomic E-state index is 13.8. The van der Waals surface area contributed by atoms with Crippen LogP contribution in [-0.4, -0.2) is 68.5 Å². The second-order valence-electron chi connectivity index (χ2n) is 11.0. The molecule has 11 nitrogen and oxygen atoms in total. The van der Waals surface area contributed by atoms with E-state index in [9.17, 15) is 19.5 Å². The number of aromatic nitrogens is 2. The van der Waals surface area contributed by atoms with E-state index in [0.29, 0.717) is 18.6 Å². The summed E-state index contributed by atoms with van der Waals surface area (Å²) in [4.78, 5) is 44.6. The molecule has 0 radical (unpaired) electrons. The predicted molar refractivity (Wildman–Crippen MR) is 156 cm³/mol. The molecule has 3 N–H and O–H groups in total. The van der Waals surface area contributed by atoms with Crippen molar-refractivity contribution in [3.05, 3.63) is 52.9 Å². The van der Waals surface area contributed by atoms with Gasteiger partial charge in [0.25, 0.3) is 5.88 Å². The zero-order chi connectivity index (χ0) is 30.4. The van der Waals surface area contributed by atoms with Crippen LogP contribution in [0, 0.1) is 12.8 Å². The third-order valence-electron chi connectivity index (χ3n) is 7.46. The highest BCUT2D eigenvalue weighted by atomic mass is 32.1. The van der Waals surface area contributed by atoms with Gasteiger partial charge in [0.2, 0.25) is 11.8 Å². The topological polar surface area (TPSA) is 155 Å². The van der Waals surface area contributed by atoms with Crippen molar-refractivity contribution in [2.75, 3.05) is 13.2 Å². The largest absolute Gasteiger partial charge is 0.481 e. The van der Waals surface area contributed by atoms with E-state index in [-0.39, 0.29) is 49.6 Å². The first-order chi connectivity index (χ1) is 20.0. The van der Waals surface area contributed by atoms with Crippen molar-refractivity contribution in [1.82, 2.24) is 20.4 Å². The van der Waals surface area contributed by atoms with E-state index in [1.165, 1.54) is 4.90 Å². The van der Waals surface area contributed by atoms with Crippen molar-refractivity contribution in [1.29, 1.82) is 0 Å². The number of carboxylic acid groups (broad SMARTS) is 1. The van der Waals surface area contributed by atoms with E-state index in [4.69, 9.17) is 14.4 Å². The van der Waals surface area contributed by atoms with Gasteiger partial charge in [0.15, 0.2) is 5.76 Å². The van der Waals surface area contributed by atoms with Crippen LogP contribution in [0.5, 0.6) is 5.88 Å².